The molecule has 0 bridgehead atoms. The number of ether oxygens (including phenoxy) is 1. The van der Waals surface area contributed by atoms with E-state index >= 15 is 0 Å². The van der Waals surface area contributed by atoms with E-state index in [1.165, 1.54) is 4.68 Å². The Bertz CT molecular complexity index is 1540. The van der Waals surface area contributed by atoms with E-state index in [9.17, 15) is 4.79 Å². The van der Waals surface area contributed by atoms with Gasteiger partial charge >= 0.3 is 0 Å². The predicted molar refractivity (Wildman–Crippen MR) is 140 cm³/mol. The van der Waals surface area contributed by atoms with Gasteiger partial charge in [-0.3, -0.25) is 9.36 Å². The Kier molecular flexibility index (Phi) is 6.31. The Labute approximate surface area is 212 Å². The van der Waals surface area contributed by atoms with Crippen LogP contribution in [0, 0.1) is 11.7 Å². The maximum atomic E-state index is 13.3. The highest BCUT2D eigenvalue weighted by molar-refractivity contribution is 7.71. The maximum Gasteiger partial charge on any atom is 0.280 e. The zero-order valence-electron chi connectivity index (χ0n) is 18.8. The summed E-state index contributed by atoms with van der Waals surface area (Å²) in [5.41, 5.74) is 3.10. The van der Waals surface area contributed by atoms with Crippen molar-refractivity contribution < 1.29 is 9.53 Å². The number of nitrogens with zero attached hydrogens (tertiary/aromatic N) is 3. The lowest BCUT2D eigenvalue weighted by molar-refractivity contribution is 0.0943. The minimum atomic E-state index is -0.298. The lowest BCUT2D eigenvalue weighted by atomic mass is 10.1. The minimum absolute atomic E-state index is 0.261. The zero-order valence-corrected chi connectivity index (χ0v) is 20.3. The first-order valence-electron chi connectivity index (χ1n) is 10.9. The van der Waals surface area contributed by atoms with Crippen molar-refractivity contribution in [1.82, 2.24) is 14.3 Å². The topological polar surface area (TPSA) is 49.0 Å². The molecule has 0 N–H and O–H groups in total. The van der Waals surface area contributed by atoms with Crippen molar-refractivity contribution >= 4 is 29.7 Å². The molecule has 0 fully saturated rings. The number of carbonyl (C=O) groups is 1. The first-order chi connectivity index (χ1) is 17.0. The number of benzene rings is 4. The van der Waals surface area contributed by atoms with Gasteiger partial charge in [-0.1, -0.05) is 47.5 Å². The molecule has 0 spiro atoms. The number of aryl methyl sites for hydroxylation is 1. The molecular formula is C28H20ClN3O2S. The van der Waals surface area contributed by atoms with Crippen molar-refractivity contribution in [3.8, 4) is 28.6 Å². The van der Waals surface area contributed by atoms with Crippen LogP contribution in [0.25, 0.3) is 17.1 Å². The van der Waals surface area contributed by atoms with Gasteiger partial charge in [0.2, 0.25) is 4.77 Å². The van der Waals surface area contributed by atoms with Crippen LogP contribution in [-0.4, -0.2) is 20.3 Å². The van der Waals surface area contributed by atoms with E-state index in [0.717, 1.165) is 22.6 Å². The van der Waals surface area contributed by atoms with E-state index in [2.05, 4.69) is 5.10 Å². The number of carbonyl (C=O) groups excluding carboxylic acids is 1. The van der Waals surface area contributed by atoms with Gasteiger partial charge in [-0.15, -0.1) is 5.10 Å². The molecule has 1 heterocycles. The van der Waals surface area contributed by atoms with Crippen molar-refractivity contribution in [2.45, 2.75) is 6.92 Å². The molecule has 172 valence electrons. The van der Waals surface area contributed by atoms with Crippen LogP contribution in [0.15, 0.2) is 103 Å². The summed E-state index contributed by atoms with van der Waals surface area (Å²) in [6.07, 6.45) is 0. The van der Waals surface area contributed by atoms with E-state index < -0.39 is 0 Å². The second-order valence-corrected chi connectivity index (χ2v) is 8.74. The van der Waals surface area contributed by atoms with Crippen LogP contribution < -0.4 is 4.74 Å². The van der Waals surface area contributed by atoms with E-state index in [-0.39, 0.29) is 10.7 Å². The van der Waals surface area contributed by atoms with Gasteiger partial charge in [-0.25, -0.2) is 0 Å². The highest BCUT2D eigenvalue weighted by Crippen LogP contribution is 2.27. The van der Waals surface area contributed by atoms with Crippen LogP contribution in [0.3, 0.4) is 0 Å². The van der Waals surface area contributed by atoms with Gasteiger partial charge in [0.25, 0.3) is 5.91 Å². The number of hydrogen-bond acceptors (Lipinski definition) is 4. The number of hydrogen-bond donors (Lipinski definition) is 0. The molecule has 0 atom stereocenters. The highest BCUT2D eigenvalue weighted by atomic mass is 35.5. The predicted octanol–water partition coefficient (Wildman–Crippen LogP) is 7.51. The highest BCUT2D eigenvalue weighted by Gasteiger charge is 2.20. The fraction of sp³-hybridized carbons (Fsp3) is 0.0357. The van der Waals surface area contributed by atoms with Crippen molar-refractivity contribution in [3.63, 3.8) is 0 Å². The summed E-state index contributed by atoms with van der Waals surface area (Å²) in [7, 11) is 0. The lowest BCUT2D eigenvalue weighted by Crippen LogP contribution is -2.14. The van der Waals surface area contributed by atoms with Crippen LogP contribution >= 0.6 is 23.8 Å². The molecule has 0 amide bonds. The van der Waals surface area contributed by atoms with Gasteiger partial charge in [0.05, 0.1) is 5.69 Å². The molecule has 0 unspecified atom stereocenters. The van der Waals surface area contributed by atoms with Gasteiger partial charge in [-0.2, -0.15) is 4.68 Å². The van der Waals surface area contributed by atoms with Crippen molar-refractivity contribution in [3.05, 3.63) is 124 Å². The molecule has 0 aliphatic rings. The molecule has 7 heteroatoms. The molecule has 1 aromatic heterocycles. The summed E-state index contributed by atoms with van der Waals surface area (Å²) in [6.45, 7) is 1.97. The summed E-state index contributed by atoms with van der Waals surface area (Å²) in [5.74, 6) is 1.66. The van der Waals surface area contributed by atoms with Gasteiger partial charge in [0.15, 0.2) is 5.82 Å². The molecule has 5 rings (SSSR count). The standard InChI is InChI=1S/C28H20ClN3O2S/c1-19-7-9-21(10-8-19)27(33)32-28(35)31(26(30-32)20-11-13-22(29)14-12-20)23-15-17-25(18-16-23)34-24-5-3-2-4-6-24/h2-18H,1H3. The third-order valence-electron chi connectivity index (χ3n) is 5.45. The van der Waals surface area contributed by atoms with Crippen molar-refractivity contribution in [2.75, 3.05) is 0 Å². The Morgan fingerprint density at radius 1 is 0.829 bits per heavy atom. The number of rotatable bonds is 5. The Morgan fingerprint density at radius 2 is 1.46 bits per heavy atom. The summed E-state index contributed by atoms with van der Waals surface area (Å²) < 4.78 is 9.21. The monoisotopic (exact) mass is 497 g/mol. The SMILES string of the molecule is Cc1ccc(C(=O)n2nc(-c3ccc(Cl)cc3)n(-c3ccc(Oc4ccccc4)cc3)c2=S)cc1. The average Bonchev–Trinajstić information content (AvgIpc) is 3.22. The van der Waals surface area contributed by atoms with Crippen molar-refractivity contribution in [2.24, 2.45) is 0 Å². The average molecular weight is 498 g/mol. The first-order valence-corrected chi connectivity index (χ1v) is 11.7. The third kappa shape index (κ3) is 4.80. The first kappa shape index (κ1) is 22.8. The minimum Gasteiger partial charge on any atom is -0.457 e. The van der Waals surface area contributed by atoms with Gasteiger partial charge in [0, 0.05) is 16.1 Å². The lowest BCUT2D eigenvalue weighted by Gasteiger charge is -2.09. The number of aromatic nitrogens is 3. The second kappa shape index (κ2) is 9.70. The van der Waals surface area contributed by atoms with Crippen LogP contribution in [0.5, 0.6) is 11.5 Å². The molecule has 35 heavy (non-hydrogen) atoms. The molecule has 4 aromatic carbocycles. The Hall–Kier alpha value is -4.00. The van der Waals surface area contributed by atoms with Crippen LogP contribution in [0.1, 0.15) is 15.9 Å². The normalized spacial score (nSPS) is 10.8. The van der Waals surface area contributed by atoms with Crippen LogP contribution in [0.4, 0.5) is 0 Å². The number of para-hydroxylation sites is 1. The molecule has 0 aliphatic heterocycles. The number of halogens is 1. The second-order valence-electron chi connectivity index (χ2n) is 7.94. The quantitative estimate of drug-likeness (QED) is 0.236. The van der Waals surface area contributed by atoms with E-state index in [1.54, 1.807) is 28.8 Å². The maximum absolute atomic E-state index is 13.3. The van der Waals surface area contributed by atoms with Crippen LogP contribution in [0.2, 0.25) is 5.02 Å². The summed E-state index contributed by atoms with van der Waals surface area (Å²) in [6, 6.07) is 31.6. The summed E-state index contributed by atoms with van der Waals surface area (Å²) in [4.78, 5) is 13.3. The third-order valence-corrected chi connectivity index (χ3v) is 6.05. The zero-order chi connectivity index (χ0) is 24.4. The van der Waals surface area contributed by atoms with E-state index in [4.69, 9.17) is 28.6 Å². The Balaban J connectivity index is 1.58. The molecule has 0 aliphatic carbocycles. The smallest absolute Gasteiger partial charge is 0.280 e. The van der Waals surface area contributed by atoms with Crippen molar-refractivity contribution in [1.29, 1.82) is 0 Å². The molecule has 5 nitrogen and oxygen atoms in total. The van der Waals surface area contributed by atoms with E-state index in [0.29, 0.717) is 22.2 Å². The van der Waals surface area contributed by atoms with Crippen LogP contribution in [-0.2, 0) is 0 Å². The van der Waals surface area contributed by atoms with Gasteiger partial charge in [0.1, 0.15) is 11.5 Å². The molecular weight excluding hydrogens is 478 g/mol. The molecule has 0 radical (unpaired) electrons. The van der Waals surface area contributed by atoms with E-state index in [1.807, 2.05) is 85.8 Å². The summed E-state index contributed by atoms with van der Waals surface area (Å²) in [5, 5.41) is 5.23. The molecule has 5 aromatic rings. The Morgan fingerprint density at radius 3 is 2.11 bits per heavy atom. The van der Waals surface area contributed by atoms with Gasteiger partial charge < -0.3 is 4.74 Å². The molecule has 0 saturated heterocycles. The largest absolute Gasteiger partial charge is 0.457 e. The molecule has 0 saturated carbocycles. The summed E-state index contributed by atoms with van der Waals surface area (Å²) >= 11 is 11.8. The fourth-order valence-corrected chi connectivity index (χ4v) is 4.07. The fourth-order valence-electron chi connectivity index (χ4n) is 3.62. The van der Waals surface area contributed by atoms with Gasteiger partial charge in [-0.05, 0) is 91.9 Å².